The van der Waals surface area contributed by atoms with Crippen LogP contribution in [0.5, 0.6) is 0 Å². The second-order valence-electron chi connectivity index (χ2n) is 6.85. The largest absolute Gasteiger partial charge is 0.383 e. The average molecular weight is 392 g/mol. The summed E-state index contributed by atoms with van der Waals surface area (Å²) in [5, 5.41) is 4.62. The number of carbonyl (C=O) groups is 1. The summed E-state index contributed by atoms with van der Waals surface area (Å²) in [4.78, 5) is 18.8. The molecule has 1 saturated heterocycles. The number of nitrogens with one attached hydrogen (secondary N) is 1. The van der Waals surface area contributed by atoms with Gasteiger partial charge < -0.3 is 10.2 Å². The Hall–Kier alpha value is -1.78. The first kappa shape index (κ1) is 19.0. The van der Waals surface area contributed by atoms with E-state index < -0.39 is 0 Å². The van der Waals surface area contributed by atoms with E-state index in [-0.39, 0.29) is 5.91 Å². The van der Waals surface area contributed by atoms with Crippen LogP contribution in [-0.2, 0) is 6.42 Å². The highest BCUT2D eigenvalue weighted by Crippen LogP contribution is 2.22. The molecule has 2 heterocycles. The first-order valence-corrected chi connectivity index (χ1v) is 9.70. The van der Waals surface area contributed by atoms with E-state index in [1.165, 1.54) is 0 Å². The van der Waals surface area contributed by atoms with Crippen LogP contribution in [-0.4, -0.2) is 35.4 Å². The predicted octanol–water partition coefficient (Wildman–Crippen LogP) is 4.92. The molecule has 0 atom stereocenters. The Morgan fingerprint density at radius 2 is 2.00 bits per heavy atom. The van der Waals surface area contributed by atoms with E-state index >= 15 is 0 Å². The molecule has 4 nitrogen and oxygen atoms in total. The van der Waals surface area contributed by atoms with Gasteiger partial charge in [0.1, 0.15) is 0 Å². The van der Waals surface area contributed by atoms with Crippen LogP contribution in [0.3, 0.4) is 0 Å². The maximum absolute atomic E-state index is 12.7. The highest BCUT2D eigenvalue weighted by molar-refractivity contribution is 6.35. The number of piperidine rings is 1. The van der Waals surface area contributed by atoms with Crippen LogP contribution in [0, 0.1) is 5.92 Å². The monoisotopic (exact) mass is 391 g/mol. The van der Waals surface area contributed by atoms with Gasteiger partial charge in [-0.2, -0.15) is 0 Å². The zero-order chi connectivity index (χ0) is 18.5. The Morgan fingerprint density at radius 3 is 2.73 bits per heavy atom. The molecule has 0 spiro atoms. The number of amides is 1. The van der Waals surface area contributed by atoms with Crippen molar-refractivity contribution in [1.82, 2.24) is 9.88 Å². The number of nitrogens with zero attached hydrogens (tertiary/aromatic N) is 2. The van der Waals surface area contributed by atoms with E-state index in [4.69, 9.17) is 23.2 Å². The standard InChI is InChI=1S/C20H23Cl2N3O/c1-14-5-8-25(9-6-14)20(26)16-10-18(13-23-12-16)24-7-4-15-2-3-17(21)11-19(15)22/h2-3,10-14,24H,4-9H2,1H3. The van der Waals surface area contributed by atoms with Crippen LogP contribution in [0.15, 0.2) is 36.7 Å². The molecule has 26 heavy (non-hydrogen) atoms. The van der Waals surface area contributed by atoms with Gasteiger partial charge in [0.2, 0.25) is 0 Å². The summed E-state index contributed by atoms with van der Waals surface area (Å²) in [7, 11) is 0. The number of hydrogen-bond donors (Lipinski definition) is 1. The Kier molecular flexibility index (Phi) is 6.38. The third-order valence-electron chi connectivity index (χ3n) is 4.79. The van der Waals surface area contributed by atoms with Gasteiger partial charge >= 0.3 is 0 Å². The molecule has 3 rings (SSSR count). The van der Waals surface area contributed by atoms with Crippen LogP contribution in [0.25, 0.3) is 0 Å². The Labute approximate surface area is 164 Å². The van der Waals surface area contributed by atoms with E-state index in [1.807, 2.05) is 23.1 Å². The van der Waals surface area contributed by atoms with E-state index in [1.54, 1.807) is 18.5 Å². The number of aromatic nitrogens is 1. The summed E-state index contributed by atoms with van der Waals surface area (Å²) in [5.74, 6) is 0.763. The molecule has 1 fully saturated rings. The molecule has 6 heteroatoms. The van der Waals surface area contributed by atoms with E-state index in [0.717, 1.165) is 43.6 Å². The van der Waals surface area contributed by atoms with Gasteiger partial charge in [-0.15, -0.1) is 0 Å². The summed E-state index contributed by atoms with van der Waals surface area (Å²) in [6.07, 6.45) is 6.27. The molecule has 1 aromatic heterocycles. The van der Waals surface area contributed by atoms with E-state index in [0.29, 0.717) is 28.1 Å². The predicted molar refractivity (Wildman–Crippen MR) is 107 cm³/mol. The maximum Gasteiger partial charge on any atom is 0.255 e. The number of pyridine rings is 1. The van der Waals surface area contributed by atoms with Crippen molar-refractivity contribution in [2.75, 3.05) is 25.0 Å². The summed E-state index contributed by atoms with van der Waals surface area (Å²) in [6, 6.07) is 7.39. The van der Waals surface area contributed by atoms with Gasteiger partial charge in [0.05, 0.1) is 11.3 Å². The molecule has 0 radical (unpaired) electrons. The molecule has 1 N–H and O–H groups in total. The molecule has 0 bridgehead atoms. The Bertz CT molecular complexity index is 773. The smallest absolute Gasteiger partial charge is 0.255 e. The van der Waals surface area contributed by atoms with Crippen molar-refractivity contribution in [2.24, 2.45) is 5.92 Å². The number of halogens is 2. The Morgan fingerprint density at radius 1 is 1.23 bits per heavy atom. The summed E-state index contributed by atoms with van der Waals surface area (Å²) in [6.45, 7) is 4.59. The molecular formula is C20H23Cl2N3O. The topological polar surface area (TPSA) is 45.2 Å². The third kappa shape index (κ3) is 4.89. The van der Waals surface area contributed by atoms with Crippen LogP contribution in [0.2, 0.25) is 10.0 Å². The van der Waals surface area contributed by atoms with Gasteiger partial charge in [-0.3, -0.25) is 9.78 Å². The fraction of sp³-hybridized carbons (Fsp3) is 0.400. The van der Waals surface area contributed by atoms with Gasteiger partial charge in [-0.25, -0.2) is 0 Å². The van der Waals surface area contributed by atoms with Crippen LogP contribution < -0.4 is 5.32 Å². The molecule has 0 unspecified atom stereocenters. The SMILES string of the molecule is CC1CCN(C(=O)c2cncc(NCCc3ccc(Cl)cc3Cl)c2)CC1. The zero-order valence-corrected chi connectivity index (χ0v) is 16.4. The minimum atomic E-state index is 0.0637. The second-order valence-corrected chi connectivity index (χ2v) is 7.69. The lowest BCUT2D eigenvalue weighted by molar-refractivity contribution is 0.0697. The van der Waals surface area contributed by atoms with Crippen LogP contribution in [0.4, 0.5) is 5.69 Å². The lowest BCUT2D eigenvalue weighted by Gasteiger charge is -2.30. The van der Waals surface area contributed by atoms with Gasteiger partial charge in [-0.1, -0.05) is 36.2 Å². The first-order chi connectivity index (χ1) is 12.5. The molecule has 138 valence electrons. The molecule has 2 aromatic rings. The normalized spacial score (nSPS) is 15.1. The number of likely N-dealkylation sites (tertiary alicyclic amines) is 1. The maximum atomic E-state index is 12.7. The summed E-state index contributed by atoms with van der Waals surface area (Å²) < 4.78 is 0. The van der Waals surface area contributed by atoms with E-state index in [2.05, 4.69) is 17.2 Å². The van der Waals surface area contributed by atoms with Crippen molar-refractivity contribution in [3.8, 4) is 0 Å². The van der Waals surface area contributed by atoms with Crippen molar-refractivity contribution in [3.05, 3.63) is 57.8 Å². The summed E-state index contributed by atoms with van der Waals surface area (Å²) >= 11 is 12.1. The molecule has 1 amide bonds. The molecule has 0 aliphatic carbocycles. The fourth-order valence-electron chi connectivity index (χ4n) is 3.11. The quantitative estimate of drug-likeness (QED) is 0.786. The first-order valence-electron chi connectivity index (χ1n) is 8.95. The number of hydrogen-bond acceptors (Lipinski definition) is 3. The number of carbonyl (C=O) groups excluding carboxylic acids is 1. The van der Waals surface area contributed by atoms with Crippen molar-refractivity contribution in [2.45, 2.75) is 26.2 Å². The molecule has 1 aliphatic heterocycles. The lowest BCUT2D eigenvalue weighted by atomic mass is 9.99. The highest BCUT2D eigenvalue weighted by atomic mass is 35.5. The number of benzene rings is 1. The molecule has 0 saturated carbocycles. The third-order valence-corrected chi connectivity index (χ3v) is 5.38. The minimum absolute atomic E-state index is 0.0637. The van der Waals surface area contributed by atoms with Crippen molar-refractivity contribution < 1.29 is 4.79 Å². The molecule has 1 aromatic carbocycles. The number of rotatable bonds is 5. The molecular weight excluding hydrogens is 369 g/mol. The second kappa shape index (κ2) is 8.74. The minimum Gasteiger partial charge on any atom is -0.383 e. The fourth-order valence-corrected chi connectivity index (χ4v) is 3.62. The lowest BCUT2D eigenvalue weighted by Crippen LogP contribution is -2.37. The number of anilines is 1. The van der Waals surface area contributed by atoms with Crippen LogP contribution >= 0.6 is 23.2 Å². The zero-order valence-electron chi connectivity index (χ0n) is 14.8. The van der Waals surface area contributed by atoms with Crippen LogP contribution in [0.1, 0.15) is 35.7 Å². The van der Waals surface area contributed by atoms with Crippen molar-refractivity contribution in [1.29, 1.82) is 0 Å². The Balaban J connectivity index is 1.58. The van der Waals surface area contributed by atoms with Gasteiger partial charge in [-0.05, 0) is 48.9 Å². The van der Waals surface area contributed by atoms with Gasteiger partial charge in [0.25, 0.3) is 5.91 Å². The van der Waals surface area contributed by atoms with Gasteiger partial charge in [0, 0.05) is 42.1 Å². The highest BCUT2D eigenvalue weighted by Gasteiger charge is 2.21. The van der Waals surface area contributed by atoms with Crippen molar-refractivity contribution in [3.63, 3.8) is 0 Å². The summed E-state index contributed by atoms with van der Waals surface area (Å²) in [5.41, 5.74) is 2.51. The van der Waals surface area contributed by atoms with Gasteiger partial charge in [0.15, 0.2) is 0 Å². The van der Waals surface area contributed by atoms with E-state index in [9.17, 15) is 4.79 Å². The average Bonchev–Trinajstić information content (AvgIpc) is 2.64. The van der Waals surface area contributed by atoms with Crippen molar-refractivity contribution >= 4 is 34.8 Å². The molecule has 1 aliphatic rings.